The number of benzene rings is 1. The standard InChI is InChI=1S/C18H22N4O3S/c1-12-8-16(22-25-12)21-18(24)11-26-10-17(23)20-9-15-14-5-3-2-4-13(14)6-7-19-15/h2-5,8,15,19H,6-7,9-11H2,1H3,(H,20,23)(H,21,22,24). The summed E-state index contributed by atoms with van der Waals surface area (Å²) in [6.07, 6.45) is 1.01. The van der Waals surface area contributed by atoms with Crippen molar-refractivity contribution in [2.45, 2.75) is 19.4 Å². The molecule has 0 aliphatic carbocycles. The number of carbonyl (C=O) groups is 2. The van der Waals surface area contributed by atoms with Gasteiger partial charge in [-0.1, -0.05) is 29.4 Å². The topological polar surface area (TPSA) is 96.3 Å². The molecule has 0 fully saturated rings. The highest BCUT2D eigenvalue weighted by Crippen LogP contribution is 2.21. The van der Waals surface area contributed by atoms with E-state index in [-0.39, 0.29) is 29.4 Å². The summed E-state index contributed by atoms with van der Waals surface area (Å²) < 4.78 is 4.88. The lowest BCUT2D eigenvalue weighted by Gasteiger charge is -2.27. The summed E-state index contributed by atoms with van der Waals surface area (Å²) in [4.78, 5) is 23.8. The summed E-state index contributed by atoms with van der Waals surface area (Å²) in [7, 11) is 0. The van der Waals surface area contributed by atoms with Gasteiger partial charge >= 0.3 is 0 Å². The average Bonchev–Trinajstić information content (AvgIpc) is 3.04. The smallest absolute Gasteiger partial charge is 0.235 e. The number of aryl methyl sites for hydroxylation is 1. The first-order valence-electron chi connectivity index (χ1n) is 8.50. The van der Waals surface area contributed by atoms with Gasteiger partial charge in [0.2, 0.25) is 11.8 Å². The van der Waals surface area contributed by atoms with Crippen LogP contribution in [0.1, 0.15) is 22.9 Å². The number of anilines is 1. The fourth-order valence-corrected chi connectivity index (χ4v) is 3.53. The second-order valence-corrected chi connectivity index (χ2v) is 7.11. The number of amides is 2. The Morgan fingerprint density at radius 2 is 2.12 bits per heavy atom. The quantitative estimate of drug-likeness (QED) is 0.682. The van der Waals surface area contributed by atoms with Crippen molar-refractivity contribution in [1.29, 1.82) is 0 Å². The van der Waals surface area contributed by atoms with Crippen LogP contribution in [0.15, 0.2) is 34.9 Å². The molecule has 2 heterocycles. The molecule has 1 aromatic heterocycles. The molecule has 0 saturated carbocycles. The molecule has 1 atom stereocenters. The van der Waals surface area contributed by atoms with Gasteiger partial charge in [-0.05, 0) is 31.0 Å². The molecule has 1 aliphatic heterocycles. The molecule has 2 aromatic rings. The Hall–Kier alpha value is -2.32. The molecular formula is C18H22N4O3S. The van der Waals surface area contributed by atoms with Crippen LogP contribution in [0.4, 0.5) is 5.82 Å². The molecule has 138 valence electrons. The zero-order chi connectivity index (χ0) is 18.4. The maximum Gasteiger partial charge on any atom is 0.235 e. The number of thioether (sulfide) groups is 1. The molecule has 7 nitrogen and oxygen atoms in total. The van der Waals surface area contributed by atoms with E-state index in [1.54, 1.807) is 13.0 Å². The third-order valence-electron chi connectivity index (χ3n) is 4.08. The first kappa shape index (κ1) is 18.5. The molecule has 1 unspecified atom stereocenters. The van der Waals surface area contributed by atoms with Gasteiger partial charge in [-0.25, -0.2) is 0 Å². The molecule has 0 spiro atoms. The van der Waals surface area contributed by atoms with Gasteiger partial charge in [0.05, 0.1) is 11.5 Å². The number of nitrogens with zero attached hydrogens (tertiary/aromatic N) is 1. The summed E-state index contributed by atoms with van der Waals surface area (Å²) in [6.45, 7) is 3.20. The molecule has 1 aliphatic rings. The maximum atomic E-state index is 12.0. The van der Waals surface area contributed by atoms with Gasteiger partial charge in [-0.15, -0.1) is 11.8 Å². The van der Waals surface area contributed by atoms with E-state index in [2.05, 4.69) is 33.2 Å². The van der Waals surface area contributed by atoms with Crippen LogP contribution in [-0.2, 0) is 16.0 Å². The fraction of sp³-hybridized carbons (Fsp3) is 0.389. The van der Waals surface area contributed by atoms with E-state index in [4.69, 9.17) is 4.52 Å². The van der Waals surface area contributed by atoms with Crippen LogP contribution in [0.3, 0.4) is 0 Å². The van der Waals surface area contributed by atoms with Gasteiger partial charge in [0.25, 0.3) is 0 Å². The van der Waals surface area contributed by atoms with Crippen LogP contribution >= 0.6 is 11.8 Å². The first-order valence-corrected chi connectivity index (χ1v) is 9.66. The van der Waals surface area contributed by atoms with Crippen molar-refractivity contribution in [3.05, 3.63) is 47.2 Å². The largest absolute Gasteiger partial charge is 0.360 e. The number of fused-ring (bicyclic) bond motifs is 1. The summed E-state index contributed by atoms with van der Waals surface area (Å²) in [5, 5.41) is 12.7. The van der Waals surface area contributed by atoms with Crippen LogP contribution in [0.5, 0.6) is 0 Å². The lowest BCUT2D eigenvalue weighted by atomic mass is 9.94. The Morgan fingerprint density at radius 3 is 2.92 bits per heavy atom. The van der Waals surface area contributed by atoms with E-state index < -0.39 is 0 Å². The van der Waals surface area contributed by atoms with Crippen LogP contribution in [0, 0.1) is 6.92 Å². The SMILES string of the molecule is Cc1cc(NC(=O)CSCC(=O)NCC2NCCc3ccccc32)no1. The number of hydrogen-bond acceptors (Lipinski definition) is 6. The van der Waals surface area contributed by atoms with Gasteiger partial charge in [0.15, 0.2) is 5.82 Å². The van der Waals surface area contributed by atoms with Crippen molar-refractivity contribution in [2.75, 3.05) is 29.9 Å². The Kier molecular flexibility index (Phi) is 6.30. The van der Waals surface area contributed by atoms with Crippen molar-refractivity contribution in [1.82, 2.24) is 15.8 Å². The number of nitrogens with one attached hydrogen (secondary N) is 3. The fourth-order valence-electron chi connectivity index (χ4n) is 2.88. The van der Waals surface area contributed by atoms with Crippen LogP contribution in [-0.4, -0.2) is 41.6 Å². The van der Waals surface area contributed by atoms with Gasteiger partial charge in [0, 0.05) is 18.7 Å². The van der Waals surface area contributed by atoms with Crippen molar-refractivity contribution >= 4 is 29.4 Å². The Bertz CT molecular complexity index is 777. The van der Waals surface area contributed by atoms with Crippen LogP contribution in [0.25, 0.3) is 0 Å². The van der Waals surface area contributed by atoms with Crippen molar-refractivity contribution in [3.8, 4) is 0 Å². The zero-order valence-electron chi connectivity index (χ0n) is 14.6. The number of aromatic nitrogens is 1. The van der Waals surface area contributed by atoms with E-state index in [0.29, 0.717) is 18.1 Å². The summed E-state index contributed by atoms with van der Waals surface area (Å²) >= 11 is 1.26. The lowest BCUT2D eigenvalue weighted by molar-refractivity contribution is -0.118. The molecule has 0 bridgehead atoms. The summed E-state index contributed by atoms with van der Waals surface area (Å²) in [5.41, 5.74) is 2.58. The number of hydrogen-bond donors (Lipinski definition) is 3. The van der Waals surface area contributed by atoms with Gasteiger partial charge in [0.1, 0.15) is 5.76 Å². The first-order chi connectivity index (χ1) is 12.6. The molecule has 0 saturated heterocycles. The Morgan fingerprint density at radius 1 is 1.31 bits per heavy atom. The highest BCUT2D eigenvalue weighted by atomic mass is 32.2. The van der Waals surface area contributed by atoms with E-state index in [9.17, 15) is 9.59 Å². The second-order valence-electron chi connectivity index (χ2n) is 6.12. The van der Waals surface area contributed by atoms with E-state index in [1.165, 1.54) is 22.9 Å². The summed E-state index contributed by atoms with van der Waals surface area (Å²) in [5.74, 6) is 1.15. The van der Waals surface area contributed by atoms with Crippen LogP contribution < -0.4 is 16.0 Å². The third kappa shape index (κ3) is 5.09. The lowest BCUT2D eigenvalue weighted by Crippen LogP contribution is -2.39. The predicted molar refractivity (Wildman–Crippen MR) is 101 cm³/mol. The van der Waals surface area contributed by atoms with Gasteiger partial charge < -0.3 is 20.5 Å². The second kappa shape index (κ2) is 8.86. The van der Waals surface area contributed by atoms with Crippen LogP contribution in [0.2, 0.25) is 0 Å². The van der Waals surface area contributed by atoms with Crippen molar-refractivity contribution < 1.29 is 14.1 Å². The molecule has 26 heavy (non-hydrogen) atoms. The minimum Gasteiger partial charge on any atom is -0.360 e. The zero-order valence-corrected chi connectivity index (χ0v) is 15.4. The third-order valence-corrected chi connectivity index (χ3v) is 5.01. The molecule has 3 rings (SSSR count). The number of carbonyl (C=O) groups excluding carboxylic acids is 2. The van der Waals surface area contributed by atoms with Crippen molar-refractivity contribution in [3.63, 3.8) is 0 Å². The highest BCUT2D eigenvalue weighted by molar-refractivity contribution is 8.00. The normalized spacial score (nSPS) is 16.0. The monoisotopic (exact) mass is 374 g/mol. The minimum absolute atomic E-state index is 0.0788. The predicted octanol–water partition coefficient (Wildman–Crippen LogP) is 1.66. The molecule has 8 heteroatoms. The molecule has 2 amide bonds. The van der Waals surface area contributed by atoms with E-state index in [0.717, 1.165) is 13.0 Å². The van der Waals surface area contributed by atoms with E-state index >= 15 is 0 Å². The molecule has 1 aromatic carbocycles. The van der Waals surface area contributed by atoms with Gasteiger partial charge in [-0.2, -0.15) is 0 Å². The van der Waals surface area contributed by atoms with Crippen molar-refractivity contribution in [2.24, 2.45) is 0 Å². The number of rotatable bonds is 7. The molecule has 3 N–H and O–H groups in total. The molecular weight excluding hydrogens is 352 g/mol. The highest BCUT2D eigenvalue weighted by Gasteiger charge is 2.19. The van der Waals surface area contributed by atoms with E-state index in [1.807, 2.05) is 12.1 Å². The van der Waals surface area contributed by atoms with Gasteiger partial charge in [-0.3, -0.25) is 9.59 Å². The Labute approximate surface area is 156 Å². The Balaban J connectivity index is 1.36. The maximum absolute atomic E-state index is 12.0. The molecule has 0 radical (unpaired) electrons. The summed E-state index contributed by atoms with van der Waals surface area (Å²) in [6, 6.07) is 10.1. The average molecular weight is 374 g/mol. The minimum atomic E-state index is -0.209.